The van der Waals surface area contributed by atoms with Gasteiger partial charge >= 0.3 is 0 Å². The molecule has 6 nitrogen and oxygen atoms in total. The molecule has 24 heavy (non-hydrogen) atoms. The topological polar surface area (TPSA) is 74.1 Å². The van der Waals surface area contributed by atoms with Crippen LogP contribution in [0.3, 0.4) is 0 Å². The molecule has 1 aliphatic rings. The van der Waals surface area contributed by atoms with Gasteiger partial charge in [0.15, 0.2) is 0 Å². The van der Waals surface area contributed by atoms with Crippen molar-refractivity contribution in [3.05, 3.63) is 47.9 Å². The fourth-order valence-corrected chi connectivity index (χ4v) is 3.08. The minimum absolute atomic E-state index is 0.293. The van der Waals surface area contributed by atoms with Gasteiger partial charge in [-0.05, 0) is 37.6 Å². The van der Waals surface area contributed by atoms with Crippen molar-refractivity contribution in [2.75, 3.05) is 25.5 Å². The molecule has 1 atom stereocenters. The molecule has 3 rings (SSSR count). The Morgan fingerprint density at radius 1 is 1.33 bits per heavy atom. The van der Waals surface area contributed by atoms with Crippen LogP contribution in [-0.4, -0.2) is 41.1 Å². The number of piperidine rings is 1. The van der Waals surface area contributed by atoms with Crippen LogP contribution in [0.4, 0.5) is 5.69 Å². The van der Waals surface area contributed by atoms with Crippen LogP contribution in [0.5, 0.6) is 5.88 Å². The lowest BCUT2D eigenvalue weighted by molar-refractivity contribution is 0.206. The maximum absolute atomic E-state index is 9.38. The lowest BCUT2D eigenvalue weighted by Crippen LogP contribution is -2.41. The van der Waals surface area contributed by atoms with Crippen LogP contribution < -0.4 is 10.1 Å². The zero-order chi connectivity index (χ0) is 16.8. The van der Waals surface area contributed by atoms with E-state index in [1.807, 2.05) is 24.4 Å². The summed E-state index contributed by atoms with van der Waals surface area (Å²) in [4.78, 5) is 10.9. The molecule has 0 saturated carbocycles. The SMILES string of the molecule is COc1nccc(NC2CCCN(Cc3ccccn3)C2)c1C#N. The Bertz CT molecular complexity index is 713. The van der Waals surface area contributed by atoms with Gasteiger partial charge in [-0.15, -0.1) is 0 Å². The average molecular weight is 323 g/mol. The number of hydrogen-bond acceptors (Lipinski definition) is 6. The van der Waals surface area contributed by atoms with E-state index in [1.165, 1.54) is 7.11 Å². The van der Waals surface area contributed by atoms with E-state index in [2.05, 4.69) is 32.3 Å². The van der Waals surface area contributed by atoms with E-state index in [9.17, 15) is 5.26 Å². The first-order valence-electron chi connectivity index (χ1n) is 8.12. The first kappa shape index (κ1) is 16.2. The third-order valence-electron chi connectivity index (χ3n) is 4.20. The zero-order valence-electron chi connectivity index (χ0n) is 13.8. The van der Waals surface area contributed by atoms with Crippen molar-refractivity contribution >= 4 is 5.69 Å². The fourth-order valence-electron chi connectivity index (χ4n) is 3.08. The lowest BCUT2D eigenvalue weighted by atomic mass is 10.0. The van der Waals surface area contributed by atoms with Crippen LogP contribution in [-0.2, 0) is 6.54 Å². The first-order valence-corrected chi connectivity index (χ1v) is 8.12. The second-order valence-corrected chi connectivity index (χ2v) is 5.89. The number of nitrogens with one attached hydrogen (secondary N) is 1. The van der Waals surface area contributed by atoms with Crippen molar-refractivity contribution in [3.8, 4) is 11.9 Å². The average Bonchev–Trinajstić information content (AvgIpc) is 2.62. The molecule has 1 N–H and O–H groups in total. The van der Waals surface area contributed by atoms with Gasteiger partial charge in [-0.25, -0.2) is 4.98 Å². The molecule has 0 radical (unpaired) electrons. The monoisotopic (exact) mass is 323 g/mol. The molecule has 1 fully saturated rings. The summed E-state index contributed by atoms with van der Waals surface area (Å²) in [5, 5.41) is 12.9. The summed E-state index contributed by atoms with van der Waals surface area (Å²) in [6.45, 7) is 2.84. The summed E-state index contributed by atoms with van der Waals surface area (Å²) in [6.07, 6.45) is 5.69. The van der Waals surface area contributed by atoms with Gasteiger partial charge in [0, 0.05) is 31.5 Å². The number of nitrogens with zero attached hydrogens (tertiary/aromatic N) is 4. The van der Waals surface area contributed by atoms with Crippen LogP contribution >= 0.6 is 0 Å². The van der Waals surface area contributed by atoms with Gasteiger partial charge in [0.2, 0.25) is 5.88 Å². The molecule has 0 bridgehead atoms. The summed E-state index contributed by atoms with van der Waals surface area (Å²) < 4.78 is 5.17. The van der Waals surface area contributed by atoms with Crippen LogP contribution in [0.2, 0.25) is 0 Å². The number of aromatic nitrogens is 2. The molecule has 0 spiro atoms. The molecule has 2 aromatic heterocycles. The zero-order valence-corrected chi connectivity index (χ0v) is 13.8. The molecule has 2 aromatic rings. The van der Waals surface area contributed by atoms with Gasteiger partial charge in [0.25, 0.3) is 0 Å². The van der Waals surface area contributed by atoms with Gasteiger partial charge in [-0.2, -0.15) is 5.26 Å². The van der Waals surface area contributed by atoms with E-state index in [4.69, 9.17) is 4.74 Å². The maximum Gasteiger partial charge on any atom is 0.233 e. The molecule has 0 amide bonds. The van der Waals surface area contributed by atoms with Gasteiger partial charge in [-0.1, -0.05) is 6.07 Å². The predicted octanol–water partition coefficient (Wildman–Crippen LogP) is 2.43. The maximum atomic E-state index is 9.38. The highest BCUT2D eigenvalue weighted by molar-refractivity contribution is 5.61. The van der Waals surface area contributed by atoms with Gasteiger partial charge in [0.05, 0.1) is 18.5 Å². The number of anilines is 1. The van der Waals surface area contributed by atoms with Crippen LogP contribution in [0.25, 0.3) is 0 Å². The van der Waals surface area contributed by atoms with Gasteiger partial charge in [-0.3, -0.25) is 9.88 Å². The highest BCUT2D eigenvalue weighted by Crippen LogP contribution is 2.25. The van der Waals surface area contributed by atoms with Crippen molar-refractivity contribution < 1.29 is 4.74 Å². The van der Waals surface area contributed by atoms with Crippen molar-refractivity contribution in [3.63, 3.8) is 0 Å². The highest BCUT2D eigenvalue weighted by Gasteiger charge is 2.21. The lowest BCUT2D eigenvalue weighted by Gasteiger charge is -2.33. The quantitative estimate of drug-likeness (QED) is 0.911. The number of ether oxygens (including phenoxy) is 1. The smallest absolute Gasteiger partial charge is 0.233 e. The van der Waals surface area contributed by atoms with Crippen molar-refractivity contribution in [2.45, 2.75) is 25.4 Å². The number of hydrogen-bond donors (Lipinski definition) is 1. The molecule has 1 saturated heterocycles. The summed E-state index contributed by atoms with van der Waals surface area (Å²) in [5.74, 6) is 0.364. The van der Waals surface area contributed by atoms with E-state index < -0.39 is 0 Å². The van der Waals surface area contributed by atoms with E-state index in [0.717, 1.165) is 43.9 Å². The van der Waals surface area contributed by atoms with E-state index in [-0.39, 0.29) is 0 Å². The third kappa shape index (κ3) is 3.81. The highest BCUT2D eigenvalue weighted by atomic mass is 16.5. The summed E-state index contributed by atoms with van der Waals surface area (Å²) in [7, 11) is 1.53. The second-order valence-electron chi connectivity index (χ2n) is 5.89. The number of nitriles is 1. The molecular weight excluding hydrogens is 302 g/mol. The largest absolute Gasteiger partial charge is 0.480 e. The molecular formula is C18H21N5O. The Labute approximate surface area is 142 Å². The molecule has 1 unspecified atom stereocenters. The molecule has 3 heterocycles. The Hall–Kier alpha value is -2.65. The molecule has 124 valence electrons. The summed E-state index contributed by atoms with van der Waals surface area (Å²) >= 11 is 0. The number of pyridine rings is 2. The van der Waals surface area contributed by atoms with Gasteiger partial charge < -0.3 is 10.1 Å². The summed E-state index contributed by atoms with van der Waals surface area (Å²) in [6, 6.07) is 10.3. The number of likely N-dealkylation sites (tertiary alicyclic amines) is 1. The molecule has 1 aliphatic heterocycles. The Balaban J connectivity index is 1.67. The van der Waals surface area contributed by atoms with Gasteiger partial charge in [0.1, 0.15) is 11.6 Å². The minimum Gasteiger partial charge on any atom is -0.480 e. The second kappa shape index (κ2) is 7.75. The number of rotatable bonds is 5. The summed E-state index contributed by atoms with van der Waals surface area (Å²) in [5.41, 5.74) is 2.33. The molecule has 6 heteroatoms. The van der Waals surface area contributed by atoms with Crippen molar-refractivity contribution in [1.82, 2.24) is 14.9 Å². The number of methoxy groups -OCH3 is 1. The Kier molecular flexibility index (Phi) is 5.24. The van der Waals surface area contributed by atoms with Crippen LogP contribution in [0, 0.1) is 11.3 Å². The predicted molar refractivity (Wildman–Crippen MR) is 91.7 cm³/mol. The molecule has 0 aliphatic carbocycles. The first-order chi connectivity index (χ1) is 11.8. The van der Waals surface area contributed by atoms with E-state index in [0.29, 0.717) is 17.5 Å². The standard InChI is InChI=1S/C18H21N5O/c1-24-18-16(11-19)17(7-9-21-18)22-15-6-4-10-23(13-15)12-14-5-2-3-8-20-14/h2-3,5,7-9,15H,4,6,10,12-13H2,1H3,(H,21,22). The van der Waals surface area contributed by atoms with E-state index in [1.54, 1.807) is 6.20 Å². The van der Waals surface area contributed by atoms with Crippen molar-refractivity contribution in [1.29, 1.82) is 5.26 Å². The normalized spacial score (nSPS) is 17.9. The Morgan fingerprint density at radius 2 is 2.25 bits per heavy atom. The Morgan fingerprint density at radius 3 is 3.00 bits per heavy atom. The third-order valence-corrected chi connectivity index (χ3v) is 4.20. The molecule has 0 aromatic carbocycles. The van der Waals surface area contributed by atoms with Crippen molar-refractivity contribution in [2.24, 2.45) is 0 Å². The van der Waals surface area contributed by atoms with Crippen LogP contribution in [0.1, 0.15) is 24.1 Å². The van der Waals surface area contributed by atoms with E-state index >= 15 is 0 Å². The van der Waals surface area contributed by atoms with Crippen LogP contribution in [0.15, 0.2) is 36.7 Å². The fraction of sp³-hybridized carbons (Fsp3) is 0.389. The minimum atomic E-state index is 0.293.